The lowest BCUT2D eigenvalue weighted by Gasteiger charge is -2.07. The molecule has 4 nitrogen and oxygen atoms in total. The summed E-state index contributed by atoms with van der Waals surface area (Å²) < 4.78 is 23.9. The number of halogens is 2. The molecule has 0 atom stereocenters. The average molecular weight is 268 g/mol. The second-order valence-corrected chi connectivity index (χ2v) is 4.48. The van der Waals surface area contributed by atoms with Crippen molar-refractivity contribution in [3.05, 3.63) is 29.8 Å². The number of alkyl halides is 2. The van der Waals surface area contributed by atoms with Crippen molar-refractivity contribution in [1.29, 1.82) is 0 Å². The maximum absolute atomic E-state index is 12.0. The van der Waals surface area contributed by atoms with Gasteiger partial charge in [0, 0.05) is 18.2 Å². The van der Waals surface area contributed by atoms with Gasteiger partial charge in [-0.15, -0.1) is 0 Å². The Labute approximate surface area is 109 Å². The monoisotopic (exact) mass is 268 g/mol. The zero-order valence-corrected chi connectivity index (χ0v) is 10.2. The molecule has 2 amide bonds. The number of nitrogens with one attached hydrogen (secondary N) is 2. The predicted octanol–water partition coefficient (Wildman–Crippen LogP) is 1.92. The van der Waals surface area contributed by atoms with Crippen LogP contribution in [-0.4, -0.2) is 18.2 Å². The Kier molecular flexibility index (Phi) is 4.09. The van der Waals surface area contributed by atoms with Gasteiger partial charge in [-0.2, -0.15) is 8.78 Å². The Morgan fingerprint density at radius 2 is 1.84 bits per heavy atom. The first kappa shape index (κ1) is 13.5. The van der Waals surface area contributed by atoms with Gasteiger partial charge in [0.1, 0.15) is 0 Å². The molecule has 1 aromatic carbocycles. The molecule has 1 aromatic rings. The molecule has 1 aliphatic rings. The summed E-state index contributed by atoms with van der Waals surface area (Å²) in [6.45, 7) is 0.0417. The van der Waals surface area contributed by atoms with E-state index in [1.807, 2.05) is 0 Å². The van der Waals surface area contributed by atoms with E-state index < -0.39 is 12.3 Å². The van der Waals surface area contributed by atoms with E-state index in [-0.39, 0.29) is 18.4 Å². The maximum atomic E-state index is 12.0. The van der Waals surface area contributed by atoms with Crippen molar-refractivity contribution in [3.63, 3.8) is 0 Å². The quantitative estimate of drug-likeness (QED) is 0.857. The highest BCUT2D eigenvalue weighted by molar-refractivity contribution is 5.94. The minimum absolute atomic E-state index is 0.0127. The van der Waals surface area contributed by atoms with Crippen LogP contribution in [-0.2, 0) is 16.1 Å². The van der Waals surface area contributed by atoms with Crippen LogP contribution >= 0.6 is 0 Å². The Morgan fingerprint density at radius 1 is 1.21 bits per heavy atom. The lowest BCUT2D eigenvalue weighted by atomic mass is 10.2. The van der Waals surface area contributed by atoms with Crippen LogP contribution in [0.5, 0.6) is 0 Å². The van der Waals surface area contributed by atoms with E-state index in [4.69, 9.17) is 0 Å². The predicted molar refractivity (Wildman–Crippen MR) is 65.6 cm³/mol. The fourth-order valence-electron chi connectivity index (χ4n) is 1.56. The topological polar surface area (TPSA) is 58.2 Å². The molecule has 0 aromatic heterocycles. The summed E-state index contributed by atoms with van der Waals surface area (Å²) in [5, 5.41) is 4.88. The Balaban J connectivity index is 1.83. The van der Waals surface area contributed by atoms with Gasteiger partial charge >= 0.3 is 6.43 Å². The highest BCUT2D eigenvalue weighted by Crippen LogP contribution is 2.30. The molecule has 19 heavy (non-hydrogen) atoms. The van der Waals surface area contributed by atoms with Gasteiger partial charge in [0.2, 0.25) is 5.91 Å². The summed E-state index contributed by atoms with van der Waals surface area (Å²) in [4.78, 5) is 22.2. The van der Waals surface area contributed by atoms with Crippen LogP contribution in [0.4, 0.5) is 14.5 Å². The number of carbonyl (C=O) groups is 2. The van der Waals surface area contributed by atoms with E-state index in [9.17, 15) is 18.4 Å². The van der Waals surface area contributed by atoms with Crippen LogP contribution < -0.4 is 10.6 Å². The first-order valence-corrected chi connectivity index (χ1v) is 6.02. The first-order chi connectivity index (χ1) is 9.06. The average Bonchev–Trinajstić information content (AvgIpc) is 3.21. The van der Waals surface area contributed by atoms with Crippen molar-refractivity contribution in [1.82, 2.24) is 5.32 Å². The SMILES string of the molecule is O=C(NCc1ccc(NC(=O)C2CC2)cc1)C(F)F. The third kappa shape index (κ3) is 4.01. The standard InChI is InChI=1S/C13H14F2N2O2/c14-11(15)13(19)16-7-8-1-5-10(6-2-8)17-12(18)9-3-4-9/h1-2,5-6,9,11H,3-4,7H2,(H,16,19)(H,17,18). The molecule has 6 heteroatoms. The smallest absolute Gasteiger partial charge is 0.315 e. The molecule has 0 radical (unpaired) electrons. The van der Waals surface area contributed by atoms with Crippen LogP contribution in [0.2, 0.25) is 0 Å². The molecular weight excluding hydrogens is 254 g/mol. The number of benzene rings is 1. The van der Waals surface area contributed by atoms with Crippen LogP contribution in [0, 0.1) is 5.92 Å². The van der Waals surface area contributed by atoms with Crippen molar-refractivity contribution in [2.24, 2.45) is 5.92 Å². The van der Waals surface area contributed by atoms with Gasteiger partial charge in [-0.1, -0.05) is 12.1 Å². The minimum Gasteiger partial charge on any atom is -0.347 e. The van der Waals surface area contributed by atoms with E-state index >= 15 is 0 Å². The van der Waals surface area contributed by atoms with Crippen LogP contribution in [0.3, 0.4) is 0 Å². The van der Waals surface area contributed by atoms with E-state index in [1.54, 1.807) is 24.3 Å². The van der Waals surface area contributed by atoms with Gasteiger partial charge in [0.25, 0.3) is 5.91 Å². The maximum Gasteiger partial charge on any atom is 0.315 e. The van der Waals surface area contributed by atoms with Crippen molar-refractivity contribution in [2.75, 3.05) is 5.32 Å². The number of rotatable bonds is 5. The molecule has 0 heterocycles. The van der Waals surface area contributed by atoms with Crippen LogP contribution in [0.1, 0.15) is 18.4 Å². The first-order valence-electron chi connectivity index (χ1n) is 6.02. The highest BCUT2D eigenvalue weighted by Gasteiger charge is 2.29. The largest absolute Gasteiger partial charge is 0.347 e. The summed E-state index contributed by atoms with van der Waals surface area (Å²) in [7, 11) is 0. The van der Waals surface area contributed by atoms with Crippen LogP contribution in [0.25, 0.3) is 0 Å². The van der Waals surface area contributed by atoms with E-state index in [2.05, 4.69) is 10.6 Å². The molecule has 2 rings (SSSR count). The Bertz CT molecular complexity index is 470. The number of carbonyl (C=O) groups excluding carboxylic acids is 2. The fraction of sp³-hybridized carbons (Fsp3) is 0.385. The number of amides is 2. The van der Waals surface area contributed by atoms with Gasteiger partial charge < -0.3 is 10.6 Å². The van der Waals surface area contributed by atoms with Crippen molar-refractivity contribution in [3.8, 4) is 0 Å². The third-order valence-electron chi connectivity index (χ3n) is 2.83. The zero-order chi connectivity index (χ0) is 13.8. The number of hydrogen-bond acceptors (Lipinski definition) is 2. The molecule has 1 fully saturated rings. The summed E-state index contributed by atoms with van der Waals surface area (Å²) in [5.41, 5.74) is 1.36. The summed E-state index contributed by atoms with van der Waals surface area (Å²) in [6, 6.07) is 6.72. The van der Waals surface area contributed by atoms with Gasteiger partial charge in [0.05, 0.1) is 0 Å². The lowest BCUT2D eigenvalue weighted by Crippen LogP contribution is -2.28. The minimum atomic E-state index is -3.00. The number of hydrogen-bond donors (Lipinski definition) is 2. The van der Waals surface area contributed by atoms with Crippen LogP contribution in [0.15, 0.2) is 24.3 Å². The highest BCUT2D eigenvalue weighted by atomic mass is 19.3. The molecule has 0 saturated heterocycles. The zero-order valence-electron chi connectivity index (χ0n) is 10.2. The second-order valence-electron chi connectivity index (χ2n) is 4.48. The second kappa shape index (κ2) is 5.77. The van der Waals surface area contributed by atoms with Crippen molar-refractivity contribution < 1.29 is 18.4 Å². The molecule has 1 saturated carbocycles. The van der Waals surface area contributed by atoms with Crippen molar-refractivity contribution >= 4 is 17.5 Å². The third-order valence-corrected chi connectivity index (χ3v) is 2.83. The molecule has 102 valence electrons. The molecular formula is C13H14F2N2O2. The molecule has 2 N–H and O–H groups in total. The van der Waals surface area contributed by atoms with Gasteiger partial charge in [0.15, 0.2) is 0 Å². The Morgan fingerprint density at radius 3 is 2.37 bits per heavy atom. The molecule has 0 bridgehead atoms. The summed E-state index contributed by atoms with van der Waals surface area (Å²) in [5.74, 6) is -1.14. The van der Waals surface area contributed by atoms with Gasteiger partial charge in [-0.05, 0) is 30.5 Å². The Hall–Kier alpha value is -1.98. The molecule has 0 aliphatic heterocycles. The lowest BCUT2D eigenvalue weighted by molar-refractivity contribution is -0.131. The molecule has 0 spiro atoms. The summed E-state index contributed by atoms with van der Waals surface area (Å²) in [6.07, 6.45) is -1.13. The van der Waals surface area contributed by atoms with E-state index in [0.717, 1.165) is 12.8 Å². The summed E-state index contributed by atoms with van der Waals surface area (Å²) >= 11 is 0. The van der Waals surface area contributed by atoms with E-state index in [0.29, 0.717) is 11.3 Å². The molecule has 1 aliphatic carbocycles. The van der Waals surface area contributed by atoms with Crippen molar-refractivity contribution in [2.45, 2.75) is 25.8 Å². The molecule has 0 unspecified atom stereocenters. The van der Waals surface area contributed by atoms with Gasteiger partial charge in [-0.25, -0.2) is 0 Å². The van der Waals surface area contributed by atoms with E-state index in [1.165, 1.54) is 0 Å². The van der Waals surface area contributed by atoms with Gasteiger partial charge in [-0.3, -0.25) is 9.59 Å². The number of anilines is 1. The normalized spacial score (nSPS) is 14.3. The fourth-order valence-corrected chi connectivity index (χ4v) is 1.56.